The van der Waals surface area contributed by atoms with Crippen LogP contribution in [0.4, 0.5) is 8.78 Å². The minimum Gasteiger partial charge on any atom is -0.360 e. The molecule has 0 atom stereocenters. The van der Waals surface area contributed by atoms with Crippen molar-refractivity contribution in [1.82, 2.24) is 19.7 Å². The highest BCUT2D eigenvalue weighted by Crippen LogP contribution is 2.28. The van der Waals surface area contributed by atoms with Crippen LogP contribution >= 0.6 is 0 Å². The van der Waals surface area contributed by atoms with Crippen molar-refractivity contribution in [2.45, 2.75) is 0 Å². The summed E-state index contributed by atoms with van der Waals surface area (Å²) in [5, 5.41) is 4.89. The molecule has 0 aliphatic heterocycles. The smallest absolute Gasteiger partial charge is 0.299 e. The molecule has 0 aliphatic carbocycles. The maximum Gasteiger partial charge on any atom is 0.299 e. The number of hydrogen-bond donors (Lipinski definition) is 1. The lowest BCUT2D eigenvalue weighted by Crippen LogP contribution is -2.01. The molecule has 5 aromatic rings. The van der Waals surface area contributed by atoms with E-state index in [-0.39, 0.29) is 17.3 Å². The van der Waals surface area contributed by atoms with E-state index in [9.17, 15) is 13.6 Å². The first-order valence-corrected chi connectivity index (χ1v) is 8.41. The van der Waals surface area contributed by atoms with Crippen molar-refractivity contribution in [1.29, 1.82) is 0 Å². The summed E-state index contributed by atoms with van der Waals surface area (Å²) in [5.74, 6) is -1.42. The summed E-state index contributed by atoms with van der Waals surface area (Å²) in [7, 11) is 1.76. The number of benzene rings is 2. The fourth-order valence-electron chi connectivity index (χ4n) is 3.36. The van der Waals surface area contributed by atoms with E-state index in [0.717, 1.165) is 0 Å². The Hall–Kier alpha value is -3.81. The molecular formula is C20H12F2N4O2. The number of nitrogens with one attached hydrogen (secondary N) is 1. The first-order chi connectivity index (χ1) is 13.5. The average molecular weight is 378 g/mol. The van der Waals surface area contributed by atoms with Crippen molar-refractivity contribution in [2.75, 3.05) is 0 Å². The van der Waals surface area contributed by atoms with Crippen LogP contribution in [0.5, 0.6) is 0 Å². The summed E-state index contributed by atoms with van der Waals surface area (Å²) < 4.78 is 34.1. The van der Waals surface area contributed by atoms with Gasteiger partial charge >= 0.3 is 0 Å². The summed E-state index contributed by atoms with van der Waals surface area (Å²) in [6.07, 6.45) is 3.22. The summed E-state index contributed by atoms with van der Waals surface area (Å²) in [4.78, 5) is 20.1. The molecule has 0 spiro atoms. The van der Waals surface area contributed by atoms with Crippen LogP contribution in [0.15, 0.2) is 53.3 Å². The topological polar surface area (TPSA) is 76.7 Å². The monoisotopic (exact) mass is 378 g/mol. The number of aromatic nitrogens is 4. The van der Waals surface area contributed by atoms with Crippen molar-refractivity contribution in [2.24, 2.45) is 7.05 Å². The zero-order valence-corrected chi connectivity index (χ0v) is 14.5. The second kappa shape index (κ2) is 5.85. The van der Waals surface area contributed by atoms with Gasteiger partial charge in [0.05, 0.1) is 5.56 Å². The van der Waals surface area contributed by atoms with Crippen molar-refractivity contribution >= 4 is 27.6 Å². The molecule has 0 amide bonds. The van der Waals surface area contributed by atoms with Gasteiger partial charge in [-0.25, -0.2) is 8.78 Å². The minimum atomic E-state index is -0.513. The fraction of sp³-hybridized carbons (Fsp3) is 0.0500. The van der Waals surface area contributed by atoms with Crippen LogP contribution in [0, 0.1) is 11.6 Å². The Labute approximate surface area is 156 Å². The maximum absolute atomic E-state index is 13.7. The van der Waals surface area contributed by atoms with E-state index < -0.39 is 17.4 Å². The quantitative estimate of drug-likeness (QED) is 0.477. The summed E-state index contributed by atoms with van der Waals surface area (Å²) in [6, 6.07) is 8.52. The highest BCUT2D eigenvalue weighted by Gasteiger charge is 2.23. The molecule has 28 heavy (non-hydrogen) atoms. The standard InChI is InChI=1S/C20H12F2N4O2/c1-26-9-15(13-7-11(22)3-5-17(13)26)18(27)20-24-19(25-28-20)14-8-23-16-4-2-10(21)6-12(14)16/h2-9,23H,1H3. The lowest BCUT2D eigenvalue weighted by molar-refractivity contribution is 0.0995. The van der Waals surface area contributed by atoms with Crippen LogP contribution in [0.2, 0.25) is 0 Å². The highest BCUT2D eigenvalue weighted by molar-refractivity contribution is 6.14. The molecule has 6 nitrogen and oxygen atoms in total. The molecule has 138 valence electrons. The molecule has 2 aromatic carbocycles. The van der Waals surface area contributed by atoms with Gasteiger partial charge < -0.3 is 14.1 Å². The number of fused-ring (bicyclic) bond motifs is 2. The third-order valence-corrected chi connectivity index (χ3v) is 4.70. The molecule has 0 aliphatic rings. The van der Waals surface area contributed by atoms with Gasteiger partial charge in [-0.05, 0) is 36.4 Å². The van der Waals surface area contributed by atoms with Gasteiger partial charge in [-0.3, -0.25) is 4.79 Å². The molecule has 3 heterocycles. The van der Waals surface area contributed by atoms with Crippen molar-refractivity contribution < 1.29 is 18.1 Å². The van der Waals surface area contributed by atoms with Gasteiger partial charge in [0.2, 0.25) is 5.82 Å². The lowest BCUT2D eigenvalue weighted by Gasteiger charge is -1.95. The van der Waals surface area contributed by atoms with E-state index >= 15 is 0 Å². The number of carbonyl (C=O) groups is 1. The number of aryl methyl sites for hydroxylation is 1. The predicted octanol–water partition coefficient (Wildman–Crippen LogP) is 4.22. The Morgan fingerprint density at radius 1 is 1.11 bits per heavy atom. The van der Waals surface area contributed by atoms with Crippen LogP contribution in [-0.4, -0.2) is 25.5 Å². The van der Waals surface area contributed by atoms with Gasteiger partial charge in [-0.15, -0.1) is 0 Å². The molecule has 8 heteroatoms. The van der Waals surface area contributed by atoms with Crippen LogP contribution in [0.3, 0.4) is 0 Å². The van der Waals surface area contributed by atoms with E-state index in [1.807, 2.05) is 0 Å². The molecule has 3 aromatic heterocycles. The van der Waals surface area contributed by atoms with Crippen molar-refractivity contribution in [3.63, 3.8) is 0 Å². The number of halogens is 2. The van der Waals surface area contributed by atoms with Crippen molar-refractivity contribution in [3.8, 4) is 11.4 Å². The number of ketones is 1. The van der Waals surface area contributed by atoms with Gasteiger partial charge in [0.15, 0.2) is 0 Å². The molecule has 0 unspecified atom stereocenters. The lowest BCUT2D eigenvalue weighted by atomic mass is 10.1. The van der Waals surface area contributed by atoms with E-state index in [1.54, 1.807) is 36.1 Å². The normalized spacial score (nSPS) is 11.5. The molecule has 0 fully saturated rings. The van der Waals surface area contributed by atoms with Gasteiger partial charge in [0.1, 0.15) is 11.6 Å². The average Bonchev–Trinajstić information content (AvgIpc) is 3.38. The molecule has 5 rings (SSSR count). The summed E-state index contributed by atoms with van der Waals surface area (Å²) in [6.45, 7) is 0. The van der Waals surface area contributed by atoms with Crippen LogP contribution in [0.25, 0.3) is 33.2 Å². The largest absolute Gasteiger partial charge is 0.360 e. The first-order valence-electron chi connectivity index (χ1n) is 8.41. The Morgan fingerprint density at radius 3 is 2.68 bits per heavy atom. The Morgan fingerprint density at radius 2 is 1.86 bits per heavy atom. The first kappa shape index (κ1) is 16.4. The number of nitrogens with zero attached hydrogens (tertiary/aromatic N) is 3. The second-order valence-electron chi connectivity index (χ2n) is 6.46. The Balaban J connectivity index is 1.59. The van der Waals surface area contributed by atoms with E-state index in [2.05, 4.69) is 15.1 Å². The van der Waals surface area contributed by atoms with Crippen LogP contribution in [-0.2, 0) is 7.05 Å². The second-order valence-corrected chi connectivity index (χ2v) is 6.46. The zero-order valence-electron chi connectivity index (χ0n) is 14.5. The van der Waals surface area contributed by atoms with Gasteiger partial charge in [-0.2, -0.15) is 4.98 Å². The SMILES string of the molecule is Cn1cc(C(=O)c2nc(-c3c[nH]c4ccc(F)cc34)no2)c2cc(F)ccc21. The van der Waals surface area contributed by atoms with E-state index in [4.69, 9.17) is 4.52 Å². The number of carbonyl (C=O) groups excluding carboxylic acids is 1. The van der Waals surface area contributed by atoms with Crippen molar-refractivity contribution in [3.05, 3.63) is 71.9 Å². The third kappa shape index (κ3) is 2.42. The summed E-state index contributed by atoms with van der Waals surface area (Å²) in [5.41, 5.74) is 2.19. The highest BCUT2D eigenvalue weighted by atomic mass is 19.1. The zero-order chi connectivity index (χ0) is 19.4. The number of H-pyrrole nitrogens is 1. The van der Waals surface area contributed by atoms with Crippen LogP contribution < -0.4 is 0 Å². The number of aromatic amines is 1. The van der Waals surface area contributed by atoms with Crippen LogP contribution in [0.1, 0.15) is 16.2 Å². The van der Waals surface area contributed by atoms with Gasteiger partial charge in [0, 0.05) is 46.8 Å². The number of hydrogen-bond acceptors (Lipinski definition) is 4. The number of rotatable bonds is 3. The summed E-state index contributed by atoms with van der Waals surface area (Å²) >= 11 is 0. The van der Waals surface area contributed by atoms with Gasteiger partial charge in [-0.1, -0.05) is 5.16 Å². The molecule has 0 radical (unpaired) electrons. The third-order valence-electron chi connectivity index (χ3n) is 4.70. The molecule has 0 bridgehead atoms. The molecule has 0 saturated heterocycles. The predicted molar refractivity (Wildman–Crippen MR) is 97.9 cm³/mol. The van der Waals surface area contributed by atoms with E-state index in [1.165, 1.54) is 24.3 Å². The van der Waals surface area contributed by atoms with E-state index in [0.29, 0.717) is 27.4 Å². The maximum atomic E-state index is 13.7. The Bertz CT molecular complexity index is 1380. The minimum absolute atomic E-state index is 0.159. The van der Waals surface area contributed by atoms with Gasteiger partial charge in [0.25, 0.3) is 11.7 Å². The Kier molecular flexibility index (Phi) is 3.42. The molecular weight excluding hydrogens is 366 g/mol. The molecule has 1 N–H and O–H groups in total. The fourth-order valence-corrected chi connectivity index (χ4v) is 3.36. The molecule has 0 saturated carbocycles.